The van der Waals surface area contributed by atoms with Gasteiger partial charge in [-0.15, -0.1) is 0 Å². The molecule has 0 aliphatic heterocycles. The molecule has 0 spiro atoms. The summed E-state index contributed by atoms with van der Waals surface area (Å²) in [6.45, 7) is 3.00. The molecule has 1 rings (SSSR count). The fourth-order valence-corrected chi connectivity index (χ4v) is 1.34. The van der Waals surface area contributed by atoms with Gasteiger partial charge in [0.2, 0.25) is 0 Å². The number of rotatable bonds is 5. The molecule has 0 fully saturated rings. The van der Waals surface area contributed by atoms with E-state index < -0.39 is 0 Å². The van der Waals surface area contributed by atoms with Crippen LogP contribution in [0.4, 0.5) is 0 Å². The summed E-state index contributed by atoms with van der Waals surface area (Å²) in [5, 5.41) is 14.7. The smallest absolute Gasteiger partial charge is 0.251 e. The Morgan fingerprint density at radius 1 is 1.38 bits per heavy atom. The molecule has 0 aliphatic carbocycles. The van der Waals surface area contributed by atoms with Crippen LogP contribution < -0.4 is 10.6 Å². The van der Waals surface area contributed by atoms with Crippen LogP contribution in [0, 0.1) is 0 Å². The highest BCUT2D eigenvalue weighted by atomic mass is 16.3. The largest absolute Gasteiger partial charge is 0.392 e. The molecule has 0 aliphatic rings. The van der Waals surface area contributed by atoms with Gasteiger partial charge in [-0.2, -0.15) is 0 Å². The van der Waals surface area contributed by atoms with Gasteiger partial charge in [0.05, 0.1) is 6.10 Å². The van der Waals surface area contributed by atoms with Crippen molar-refractivity contribution in [3.8, 4) is 0 Å². The van der Waals surface area contributed by atoms with Crippen LogP contribution in [-0.2, 0) is 6.54 Å². The first-order valence-corrected chi connectivity index (χ1v) is 5.33. The first-order valence-electron chi connectivity index (χ1n) is 5.33. The Morgan fingerprint density at radius 2 is 2.00 bits per heavy atom. The molecule has 1 atom stereocenters. The molecule has 1 amide bonds. The molecule has 4 nitrogen and oxygen atoms in total. The van der Waals surface area contributed by atoms with Crippen LogP contribution in [0.15, 0.2) is 24.3 Å². The van der Waals surface area contributed by atoms with Crippen molar-refractivity contribution >= 4 is 5.91 Å². The van der Waals surface area contributed by atoms with Crippen LogP contribution in [0.5, 0.6) is 0 Å². The first kappa shape index (κ1) is 12.7. The number of carbonyl (C=O) groups is 1. The van der Waals surface area contributed by atoms with Gasteiger partial charge in [0.15, 0.2) is 0 Å². The van der Waals surface area contributed by atoms with Crippen molar-refractivity contribution in [2.45, 2.75) is 19.6 Å². The van der Waals surface area contributed by atoms with Crippen molar-refractivity contribution in [1.29, 1.82) is 0 Å². The van der Waals surface area contributed by atoms with Crippen LogP contribution in [-0.4, -0.2) is 30.7 Å². The van der Waals surface area contributed by atoms with Crippen LogP contribution >= 0.6 is 0 Å². The molecule has 0 saturated heterocycles. The summed E-state index contributed by atoms with van der Waals surface area (Å²) in [7, 11) is 1.61. The maximum absolute atomic E-state index is 11.3. The second-order valence-electron chi connectivity index (χ2n) is 3.76. The lowest BCUT2D eigenvalue weighted by Crippen LogP contribution is -2.24. The third-order valence-corrected chi connectivity index (χ3v) is 2.21. The molecule has 3 N–H and O–H groups in total. The molecule has 88 valence electrons. The lowest BCUT2D eigenvalue weighted by atomic mass is 10.1. The second-order valence-corrected chi connectivity index (χ2v) is 3.76. The van der Waals surface area contributed by atoms with Gasteiger partial charge < -0.3 is 15.7 Å². The molecule has 0 aromatic heterocycles. The number of amides is 1. The summed E-state index contributed by atoms with van der Waals surface area (Å²) < 4.78 is 0. The standard InChI is InChI=1S/C12H18N2O2/c1-9(15)7-14-8-10-3-5-11(6-4-10)12(16)13-2/h3-6,9,14-15H,7-8H2,1-2H3,(H,13,16)/t9-/m1/s1. The van der Waals surface area contributed by atoms with E-state index in [0.29, 0.717) is 18.7 Å². The topological polar surface area (TPSA) is 61.4 Å². The fraction of sp³-hybridized carbons (Fsp3) is 0.417. The average molecular weight is 222 g/mol. The van der Waals surface area contributed by atoms with Crippen molar-refractivity contribution in [3.63, 3.8) is 0 Å². The zero-order chi connectivity index (χ0) is 12.0. The summed E-state index contributed by atoms with van der Waals surface area (Å²) in [5.74, 6) is -0.0801. The normalized spacial score (nSPS) is 12.2. The number of benzene rings is 1. The minimum absolute atomic E-state index is 0.0801. The highest BCUT2D eigenvalue weighted by Gasteiger charge is 2.02. The number of aliphatic hydroxyl groups excluding tert-OH is 1. The van der Waals surface area contributed by atoms with Crippen LogP contribution in [0.3, 0.4) is 0 Å². The van der Waals surface area contributed by atoms with Crippen LogP contribution in [0.2, 0.25) is 0 Å². The predicted molar refractivity (Wildman–Crippen MR) is 63.2 cm³/mol. The third kappa shape index (κ3) is 4.00. The van der Waals surface area contributed by atoms with Crippen molar-refractivity contribution in [1.82, 2.24) is 10.6 Å². The zero-order valence-electron chi connectivity index (χ0n) is 9.66. The minimum Gasteiger partial charge on any atom is -0.392 e. The van der Waals surface area contributed by atoms with Gasteiger partial charge in [0.25, 0.3) is 5.91 Å². The molecule has 0 radical (unpaired) electrons. The van der Waals surface area contributed by atoms with E-state index in [4.69, 9.17) is 5.11 Å². The minimum atomic E-state index is -0.342. The highest BCUT2D eigenvalue weighted by molar-refractivity contribution is 5.93. The molecule has 4 heteroatoms. The van der Waals surface area contributed by atoms with Crippen LogP contribution in [0.25, 0.3) is 0 Å². The first-order chi connectivity index (χ1) is 7.63. The summed E-state index contributed by atoms with van der Waals surface area (Å²) in [6, 6.07) is 7.38. The van der Waals surface area contributed by atoms with Gasteiger partial charge in [-0.1, -0.05) is 12.1 Å². The van der Waals surface area contributed by atoms with Crippen molar-refractivity contribution in [3.05, 3.63) is 35.4 Å². The second kappa shape index (κ2) is 6.25. The molecule has 0 heterocycles. The summed E-state index contributed by atoms with van der Waals surface area (Å²) in [5.41, 5.74) is 1.75. The van der Waals surface area contributed by atoms with E-state index in [2.05, 4.69) is 10.6 Å². The van der Waals surface area contributed by atoms with E-state index in [-0.39, 0.29) is 12.0 Å². The van der Waals surface area contributed by atoms with Crippen molar-refractivity contribution in [2.24, 2.45) is 0 Å². The molecule has 1 aromatic rings. The third-order valence-electron chi connectivity index (χ3n) is 2.21. The molecule has 1 aromatic carbocycles. The fourth-order valence-electron chi connectivity index (χ4n) is 1.34. The van der Waals surface area contributed by atoms with Gasteiger partial charge in [-0.25, -0.2) is 0 Å². The molecular weight excluding hydrogens is 204 g/mol. The SMILES string of the molecule is CNC(=O)c1ccc(CNC[C@@H](C)O)cc1. The lowest BCUT2D eigenvalue weighted by Gasteiger charge is -2.07. The molecule has 0 saturated carbocycles. The number of hydrogen-bond acceptors (Lipinski definition) is 3. The number of aliphatic hydroxyl groups is 1. The van der Waals surface area contributed by atoms with E-state index >= 15 is 0 Å². The predicted octanol–water partition coefficient (Wildman–Crippen LogP) is 0.517. The lowest BCUT2D eigenvalue weighted by molar-refractivity contribution is 0.0963. The van der Waals surface area contributed by atoms with E-state index in [1.54, 1.807) is 26.1 Å². The van der Waals surface area contributed by atoms with E-state index in [9.17, 15) is 4.79 Å². The van der Waals surface area contributed by atoms with Gasteiger partial charge in [-0.3, -0.25) is 4.79 Å². The van der Waals surface area contributed by atoms with E-state index in [1.165, 1.54) is 0 Å². The summed E-state index contributed by atoms with van der Waals surface area (Å²) in [4.78, 5) is 11.3. The molecule has 0 unspecified atom stereocenters. The maximum atomic E-state index is 11.3. The number of carbonyl (C=O) groups excluding carboxylic acids is 1. The van der Waals surface area contributed by atoms with E-state index in [0.717, 1.165) is 5.56 Å². The molecule has 16 heavy (non-hydrogen) atoms. The van der Waals surface area contributed by atoms with Crippen LogP contribution in [0.1, 0.15) is 22.8 Å². The Bertz CT molecular complexity index is 333. The van der Waals surface area contributed by atoms with Gasteiger partial charge in [0, 0.05) is 25.7 Å². The number of hydrogen-bond donors (Lipinski definition) is 3. The van der Waals surface area contributed by atoms with Gasteiger partial charge >= 0.3 is 0 Å². The Labute approximate surface area is 95.7 Å². The van der Waals surface area contributed by atoms with E-state index in [1.807, 2.05) is 12.1 Å². The van der Waals surface area contributed by atoms with Crippen molar-refractivity contribution < 1.29 is 9.90 Å². The molecular formula is C12H18N2O2. The quantitative estimate of drug-likeness (QED) is 0.680. The summed E-state index contributed by atoms with van der Waals surface area (Å²) in [6.07, 6.45) is -0.342. The Balaban J connectivity index is 2.48. The highest BCUT2D eigenvalue weighted by Crippen LogP contribution is 2.04. The Hall–Kier alpha value is -1.39. The summed E-state index contributed by atoms with van der Waals surface area (Å²) >= 11 is 0. The van der Waals surface area contributed by atoms with Crippen molar-refractivity contribution in [2.75, 3.05) is 13.6 Å². The zero-order valence-corrected chi connectivity index (χ0v) is 9.66. The maximum Gasteiger partial charge on any atom is 0.251 e. The van der Waals surface area contributed by atoms with Gasteiger partial charge in [0.1, 0.15) is 0 Å². The number of nitrogens with one attached hydrogen (secondary N) is 2. The molecule has 0 bridgehead atoms. The Kier molecular flexibility index (Phi) is 4.95. The monoisotopic (exact) mass is 222 g/mol. The average Bonchev–Trinajstić information content (AvgIpc) is 2.28. The Morgan fingerprint density at radius 3 is 2.50 bits per heavy atom. The van der Waals surface area contributed by atoms with Gasteiger partial charge in [-0.05, 0) is 24.6 Å².